The van der Waals surface area contributed by atoms with Crippen LogP contribution in [0.15, 0.2) is 42.5 Å². The molecule has 2 aromatic carbocycles. The zero-order valence-corrected chi connectivity index (χ0v) is 17.9. The smallest absolute Gasteiger partial charge is 0.237 e. The number of nitrogens with zero attached hydrogens (tertiary/aromatic N) is 3. The van der Waals surface area contributed by atoms with E-state index in [-0.39, 0.29) is 23.6 Å². The number of piperazine rings is 1. The lowest BCUT2D eigenvalue weighted by molar-refractivity contribution is -0.134. The fourth-order valence-corrected chi connectivity index (χ4v) is 4.12. The van der Waals surface area contributed by atoms with Gasteiger partial charge in [0.15, 0.2) is 0 Å². The third-order valence-corrected chi connectivity index (χ3v) is 6.07. The molecule has 4 rings (SSSR count). The molecule has 1 saturated heterocycles. The zero-order valence-electron chi connectivity index (χ0n) is 17.9. The molecule has 2 fully saturated rings. The van der Waals surface area contributed by atoms with Crippen molar-refractivity contribution in [3.63, 3.8) is 0 Å². The largest absolute Gasteiger partial charge is 0.496 e. The monoisotopic (exact) mass is 429 g/mol. The Balaban J connectivity index is 1.30. The van der Waals surface area contributed by atoms with Crippen LogP contribution in [0.2, 0.25) is 0 Å². The number of hydrogen-bond acceptors (Lipinski definition) is 4. The van der Waals surface area contributed by atoms with Crippen LogP contribution < -0.4 is 4.74 Å². The lowest BCUT2D eigenvalue weighted by atomic mass is 10.1. The van der Waals surface area contributed by atoms with Gasteiger partial charge in [-0.2, -0.15) is 0 Å². The lowest BCUT2D eigenvalue weighted by Gasteiger charge is -2.35. The van der Waals surface area contributed by atoms with Crippen molar-refractivity contribution in [2.24, 2.45) is 0 Å². The number of carbonyl (C=O) groups is 1. The maximum atomic E-state index is 14.1. The minimum Gasteiger partial charge on any atom is -0.496 e. The first-order valence-electron chi connectivity index (χ1n) is 10.8. The van der Waals surface area contributed by atoms with Gasteiger partial charge >= 0.3 is 0 Å². The molecule has 0 aromatic heterocycles. The first-order chi connectivity index (χ1) is 15.0. The van der Waals surface area contributed by atoms with E-state index >= 15 is 0 Å². The van der Waals surface area contributed by atoms with Crippen molar-refractivity contribution in [1.82, 2.24) is 14.7 Å². The van der Waals surface area contributed by atoms with Gasteiger partial charge in [0, 0.05) is 56.4 Å². The molecule has 1 heterocycles. The molecule has 2 aromatic rings. The van der Waals surface area contributed by atoms with Crippen molar-refractivity contribution in [2.45, 2.75) is 32.0 Å². The number of methoxy groups -OCH3 is 1. The Morgan fingerprint density at radius 3 is 2.42 bits per heavy atom. The highest BCUT2D eigenvalue weighted by molar-refractivity contribution is 5.79. The summed E-state index contributed by atoms with van der Waals surface area (Å²) >= 11 is 0. The number of carbonyl (C=O) groups excluding carboxylic acids is 1. The van der Waals surface area contributed by atoms with Crippen LogP contribution in [0.25, 0.3) is 0 Å². The molecule has 0 unspecified atom stereocenters. The summed E-state index contributed by atoms with van der Waals surface area (Å²) in [4.78, 5) is 19.2. The van der Waals surface area contributed by atoms with Gasteiger partial charge in [0.2, 0.25) is 5.91 Å². The third kappa shape index (κ3) is 5.60. The Morgan fingerprint density at radius 2 is 1.74 bits per heavy atom. The fraction of sp³-hybridized carbons (Fsp3) is 0.458. The summed E-state index contributed by atoms with van der Waals surface area (Å²) in [6.45, 7) is 4.41. The molecule has 5 nitrogen and oxygen atoms in total. The highest BCUT2D eigenvalue weighted by Gasteiger charge is 2.34. The van der Waals surface area contributed by atoms with Gasteiger partial charge in [0.05, 0.1) is 13.7 Å². The SMILES string of the molecule is COc1ccc(F)cc1CN1CCN(CC(=O)N(Cc2ccccc2F)C2CC2)CC1. The summed E-state index contributed by atoms with van der Waals surface area (Å²) in [7, 11) is 1.59. The summed E-state index contributed by atoms with van der Waals surface area (Å²) in [6.07, 6.45) is 1.98. The lowest BCUT2D eigenvalue weighted by Crippen LogP contribution is -2.50. The molecule has 0 atom stereocenters. The Kier molecular flexibility index (Phi) is 6.83. The van der Waals surface area contributed by atoms with Gasteiger partial charge in [0.1, 0.15) is 17.4 Å². The first kappa shape index (κ1) is 21.7. The van der Waals surface area contributed by atoms with E-state index < -0.39 is 0 Å². The molecular weight excluding hydrogens is 400 g/mol. The average molecular weight is 430 g/mol. The third-order valence-electron chi connectivity index (χ3n) is 6.07. The van der Waals surface area contributed by atoms with Crippen LogP contribution in [0.1, 0.15) is 24.0 Å². The Labute approximate surface area is 182 Å². The highest BCUT2D eigenvalue weighted by atomic mass is 19.1. The molecule has 1 amide bonds. The van der Waals surface area contributed by atoms with Crippen LogP contribution in [0.5, 0.6) is 5.75 Å². The summed E-state index contributed by atoms with van der Waals surface area (Å²) < 4.78 is 33.0. The molecule has 2 aliphatic rings. The van der Waals surface area contributed by atoms with E-state index in [1.165, 1.54) is 18.2 Å². The van der Waals surface area contributed by atoms with E-state index in [0.717, 1.165) is 44.6 Å². The van der Waals surface area contributed by atoms with Gasteiger partial charge < -0.3 is 9.64 Å². The van der Waals surface area contributed by atoms with Crippen molar-refractivity contribution in [2.75, 3.05) is 39.8 Å². The number of hydrogen-bond donors (Lipinski definition) is 0. The summed E-state index contributed by atoms with van der Waals surface area (Å²) in [5.41, 5.74) is 1.40. The van der Waals surface area contributed by atoms with Crippen LogP contribution in [0, 0.1) is 11.6 Å². The molecule has 31 heavy (non-hydrogen) atoms. The van der Waals surface area contributed by atoms with E-state index in [4.69, 9.17) is 4.74 Å². The second-order valence-corrected chi connectivity index (χ2v) is 8.35. The summed E-state index contributed by atoms with van der Waals surface area (Å²) in [6, 6.07) is 11.5. The van der Waals surface area contributed by atoms with Crippen molar-refractivity contribution in [1.29, 1.82) is 0 Å². The van der Waals surface area contributed by atoms with Crippen LogP contribution in [0.3, 0.4) is 0 Å². The maximum Gasteiger partial charge on any atom is 0.237 e. The molecule has 0 bridgehead atoms. The van der Waals surface area contributed by atoms with E-state index in [0.29, 0.717) is 30.9 Å². The fourth-order valence-electron chi connectivity index (χ4n) is 4.12. The minimum absolute atomic E-state index is 0.0611. The zero-order chi connectivity index (χ0) is 21.8. The van der Waals surface area contributed by atoms with Gasteiger partial charge in [-0.05, 0) is 37.1 Å². The topological polar surface area (TPSA) is 36.0 Å². The van der Waals surface area contributed by atoms with Crippen molar-refractivity contribution in [3.05, 3.63) is 65.2 Å². The predicted molar refractivity (Wildman–Crippen MR) is 115 cm³/mol. The van der Waals surface area contributed by atoms with Gasteiger partial charge in [-0.25, -0.2) is 8.78 Å². The number of rotatable bonds is 8. The molecule has 1 aliphatic carbocycles. The van der Waals surface area contributed by atoms with Gasteiger partial charge in [-0.3, -0.25) is 14.6 Å². The van der Waals surface area contributed by atoms with E-state index in [1.54, 1.807) is 31.4 Å². The average Bonchev–Trinajstić information content (AvgIpc) is 3.60. The molecule has 166 valence electrons. The molecule has 0 spiro atoms. The number of halogens is 2. The van der Waals surface area contributed by atoms with E-state index in [1.807, 2.05) is 4.90 Å². The Morgan fingerprint density at radius 1 is 1.03 bits per heavy atom. The van der Waals surface area contributed by atoms with Gasteiger partial charge in [-0.1, -0.05) is 18.2 Å². The van der Waals surface area contributed by atoms with Gasteiger partial charge in [-0.15, -0.1) is 0 Å². The van der Waals surface area contributed by atoms with Gasteiger partial charge in [0.25, 0.3) is 0 Å². The molecule has 0 N–H and O–H groups in total. The molecule has 1 saturated carbocycles. The standard InChI is InChI=1S/C24H29F2N3O2/c1-31-23-9-6-20(25)14-19(23)15-27-10-12-28(13-11-27)17-24(30)29(21-7-8-21)16-18-4-2-3-5-22(18)26/h2-6,9,14,21H,7-8,10-13,15-17H2,1H3. The highest BCUT2D eigenvalue weighted by Crippen LogP contribution is 2.29. The maximum absolute atomic E-state index is 14.1. The van der Waals surface area contributed by atoms with Crippen LogP contribution in [-0.4, -0.2) is 66.5 Å². The molecule has 7 heteroatoms. The van der Waals surface area contributed by atoms with Crippen molar-refractivity contribution >= 4 is 5.91 Å². The van der Waals surface area contributed by atoms with Crippen molar-refractivity contribution < 1.29 is 18.3 Å². The van der Waals surface area contributed by atoms with Crippen LogP contribution in [0.4, 0.5) is 8.78 Å². The molecular formula is C24H29F2N3O2. The molecule has 1 aliphatic heterocycles. The Hall–Kier alpha value is -2.51. The molecule has 0 radical (unpaired) electrons. The Bertz CT molecular complexity index is 911. The minimum atomic E-state index is -0.268. The van der Waals surface area contributed by atoms with Crippen molar-refractivity contribution in [3.8, 4) is 5.75 Å². The van der Waals surface area contributed by atoms with E-state index in [9.17, 15) is 13.6 Å². The normalized spacial score (nSPS) is 17.5. The van der Waals surface area contributed by atoms with Crippen LogP contribution in [-0.2, 0) is 17.9 Å². The predicted octanol–water partition coefficient (Wildman–Crippen LogP) is 3.28. The number of ether oxygens (including phenoxy) is 1. The van der Waals surface area contributed by atoms with Crippen LogP contribution >= 0.6 is 0 Å². The summed E-state index contributed by atoms with van der Waals surface area (Å²) in [5, 5.41) is 0. The second-order valence-electron chi connectivity index (χ2n) is 8.35. The number of amides is 1. The summed E-state index contributed by atoms with van der Waals surface area (Å²) in [5.74, 6) is 0.218. The second kappa shape index (κ2) is 9.75. The first-order valence-corrected chi connectivity index (χ1v) is 10.8. The van der Waals surface area contributed by atoms with E-state index in [2.05, 4.69) is 9.80 Å². The quantitative estimate of drug-likeness (QED) is 0.645. The number of benzene rings is 2.